The second-order valence-corrected chi connectivity index (χ2v) is 7.00. The number of aromatic nitrogens is 2. The van der Waals surface area contributed by atoms with Crippen LogP contribution in [0, 0.1) is 0 Å². The highest BCUT2D eigenvalue weighted by atomic mass is 16.7. The fraction of sp³-hybridized carbons (Fsp3) is 0.130. The van der Waals surface area contributed by atoms with E-state index in [9.17, 15) is 4.79 Å². The molecule has 1 aromatic heterocycles. The summed E-state index contributed by atoms with van der Waals surface area (Å²) in [6, 6.07) is 21.3. The van der Waals surface area contributed by atoms with Crippen LogP contribution >= 0.6 is 0 Å². The first kappa shape index (κ1) is 17.3. The van der Waals surface area contributed by atoms with Crippen molar-refractivity contribution in [1.82, 2.24) is 14.5 Å². The van der Waals surface area contributed by atoms with E-state index in [1.165, 1.54) is 0 Å². The lowest BCUT2D eigenvalue weighted by molar-refractivity contribution is 0.0785. The largest absolute Gasteiger partial charge is 0.454 e. The highest BCUT2D eigenvalue weighted by molar-refractivity contribution is 5.94. The molecule has 0 bridgehead atoms. The lowest BCUT2D eigenvalue weighted by atomic mass is 10.1. The second-order valence-electron chi connectivity index (χ2n) is 7.00. The Morgan fingerprint density at radius 2 is 1.83 bits per heavy atom. The predicted molar refractivity (Wildman–Crippen MR) is 109 cm³/mol. The second kappa shape index (κ2) is 6.98. The van der Waals surface area contributed by atoms with Crippen molar-refractivity contribution in [1.29, 1.82) is 0 Å². The van der Waals surface area contributed by atoms with Crippen LogP contribution in [0.25, 0.3) is 16.7 Å². The maximum Gasteiger partial charge on any atom is 0.253 e. The quantitative estimate of drug-likeness (QED) is 0.532. The van der Waals surface area contributed by atoms with Crippen LogP contribution in [0.5, 0.6) is 11.5 Å². The predicted octanol–water partition coefficient (Wildman–Crippen LogP) is 4.03. The molecule has 0 saturated heterocycles. The fourth-order valence-electron chi connectivity index (χ4n) is 3.53. The van der Waals surface area contributed by atoms with E-state index in [0.717, 1.165) is 33.8 Å². The lowest BCUT2D eigenvalue weighted by Gasteiger charge is -2.18. The topological polar surface area (TPSA) is 56.6 Å². The molecule has 1 amide bonds. The van der Waals surface area contributed by atoms with Crippen molar-refractivity contribution >= 4 is 16.9 Å². The third-order valence-electron chi connectivity index (χ3n) is 5.05. The molecule has 3 aromatic carbocycles. The Labute approximate surface area is 167 Å². The van der Waals surface area contributed by atoms with Gasteiger partial charge in [0.15, 0.2) is 11.5 Å². The van der Waals surface area contributed by atoms with Gasteiger partial charge in [-0.1, -0.05) is 18.2 Å². The number of rotatable bonds is 4. The molecular weight excluding hydrogens is 366 g/mol. The number of hydrogen-bond donors (Lipinski definition) is 0. The number of hydrogen-bond acceptors (Lipinski definition) is 4. The highest BCUT2D eigenvalue weighted by Crippen LogP contribution is 2.32. The van der Waals surface area contributed by atoms with Crippen LogP contribution in [-0.4, -0.2) is 34.2 Å². The number of nitrogens with zero attached hydrogens (tertiary/aromatic N) is 3. The number of para-hydroxylation sites is 2. The van der Waals surface area contributed by atoms with Crippen LogP contribution in [0.15, 0.2) is 73.1 Å². The van der Waals surface area contributed by atoms with Gasteiger partial charge < -0.3 is 14.4 Å². The number of fused-ring (bicyclic) bond motifs is 2. The number of imidazole rings is 1. The minimum Gasteiger partial charge on any atom is -0.454 e. The molecule has 0 atom stereocenters. The zero-order valence-electron chi connectivity index (χ0n) is 15.9. The fourth-order valence-corrected chi connectivity index (χ4v) is 3.53. The van der Waals surface area contributed by atoms with Gasteiger partial charge in [-0.3, -0.25) is 9.36 Å². The van der Waals surface area contributed by atoms with E-state index in [0.29, 0.717) is 12.1 Å². The van der Waals surface area contributed by atoms with E-state index in [2.05, 4.69) is 4.98 Å². The van der Waals surface area contributed by atoms with Crippen LogP contribution in [0.2, 0.25) is 0 Å². The molecule has 144 valence electrons. The van der Waals surface area contributed by atoms with Crippen molar-refractivity contribution in [2.24, 2.45) is 0 Å². The van der Waals surface area contributed by atoms with E-state index >= 15 is 0 Å². The zero-order valence-corrected chi connectivity index (χ0v) is 15.9. The van der Waals surface area contributed by atoms with Gasteiger partial charge in [0.25, 0.3) is 5.91 Å². The minimum atomic E-state index is -0.0373. The summed E-state index contributed by atoms with van der Waals surface area (Å²) >= 11 is 0. The third-order valence-corrected chi connectivity index (χ3v) is 5.05. The summed E-state index contributed by atoms with van der Waals surface area (Å²) in [4.78, 5) is 19.0. The monoisotopic (exact) mass is 385 g/mol. The molecule has 0 N–H and O–H groups in total. The molecule has 4 aromatic rings. The Kier molecular flexibility index (Phi) is 4.17. The summed E-state index contributed by atoms with van der Waals surface area (Å²) in [5.41, 5.74) is 4.57. The number of benzene rings is 3. The van der Waals surface area contributed by atoms with Crippen LogP contribution in [-0.2, 0) is 6.54 Å². The first-order valence-electron chi connectivity index (χ1n) is 9.35. The standard InChI is InChI=1S/C23H19N3O3/c1-25(13-16-6-11-21-22(12-16)29-15-28-21)23(27)17-7-9-18(10-8-17)26-14-24-19-4-2-3-5-20(19)26/h2-12,14H,13,15H2,1H3. The lowest BCUT2D eigenvalue weighted by Crippen LogP contribution is -2.26. The molecule has 0 radical (unpaired) electrons. The average Bonchev–Trinajstić information content (AvgIpc) is 3.40. The van der Waals surface area contributed by atoms with E-state index in [-0.39, 0.29) is 12.7 Å². The number of carbonyl (C=O) groups is 1. The van der Waals surface area contributed by atoms with Gasteiger partial charge in [-0.05, 0) is 54.1 Å². The van der Waals surface area contributed by atoms with Gasteiger partial charge in [0.05, 0.1) is 11.0 Å². The van der Waals surface area contributed by atoms with Crippen molar-refractivity contribution in [3.63, 3.8) is 0 Å². The Morgan fingerprint density at radius 1 is 1.03 bits per heavy atom. The van der Waals surface area contributed by atoms with Gasteiger partial charge >= 0.3 is 0 Å². The summed E-state index contributed by atoms with van der Waals surface area (Å²) in [5.74, 6) is 1.43. The maximum atomic E-state index is 12.8. The SMILES string of the molecule is CN(Cc1ccc2c(c1)OCO2)C(=O)c1ccc(-n2cnc3ccccc32)cc1. The Hall–Kier alpha value is -3.80. The first-order valence-corrected chi connectivity index (χ1v) is 9.35. The molecular formula is C23H19N3O3. The Morgan fingerprint density at radius 3 is 2.69 bits per heavy atom. The van der Waals surface area contributed by atoms with Crippen molar-refractivity contribution in [3.05, 3.63) is 84.2 Å². The van der Waals surface area contributed by atoms with Crippen LogP contribution in [0.3, 0.4) is 0 Å². The average molecular weight is 385 g/mol. The summed E-state index contributed by atoms with van der Waals surface area (Å²) in [5, 5.41) is 0. The van der Waals surface area contributed by atoms with Crippen molar-refractivity contribution in [2.45, 2.75) is 6.54 Å². The molecule has 0 aliphatic carbocycles. The van der Waals surface area contributed by atoms with Crippen LogP contribution in [0.4, 0.5) is 0 Å². The molecule has 0 fully saturated rings. The molecule has 2 heterocycles. The molecule has 6 nitrogen and oxygen atoms in total. The molecule has 1 aliphatic rings. The minimum absolute atomic E-state index is 0.0373. The molecule has 6 heteroatoms. The molecule has 0 saturated carbocycles. The van der Waals surface area contributed by atoms with Crippen LogP contribution < -0.4 is 9.47 Å². The summed E-state index contributed by atoms with van der Waals surface area (Å²) in [7, 11) is 1.80. The molecule has 0 spiro atoms. The third kappa shape index (κ3) is 3.18. The van der Waals surface area contributed by atoms with Crippen molar-refractivity contribution in [2.75, 3.05) is 13.8 Å². The van der Waals surface area contributed by atoms with Gasteiger partial charge in [0.1, 0.15) is 6.33 Å². The van der Waals surface area contributed by atoms with Gasteiger partial charge in [-0.2, -0.15) is 0 Å². The van der Waals surface area contributed by atoms with E-state index in [1.54, 1.807) is 18.3 Å². The molecule has 1 aliphatic heterocycles. The molecule has 5 rings (SSSR count). The number of carbonyl (C=O) groups excluding carboxylic acids is 1. The van der Waals surface area contributed by atoms with Gasteiger partial charge in [0.2, 0.25) is 6.79 Å². The summed E-state index contributed by atoms with van der Waals surface area (Å²) in [6.07, 6.45) is 1.80. The molecule has 29 heavy (non-hydrogen) atoms. The van der Waals surface area contributed by atoms with E-state index in [1.807, 2.05) is 71.3 Å². The van der Waals surface area contributed by atoms with Crippen molar-refractivity contribution < 1.29 is 14.3 Å². The zero-order chi connectivity index (χ0) is 19.8. The van der Waals surface area contributed by atoms with E-state index in [4.69, 9.17) is 9.47 Å². The normalized spacial score (nSPS) is 12.3. The first-order chi connectivity index (χ1) is 14.2. The van der Waals surface area contributed by atoms with E-state index < -0.39 is 0 Å². The number of amides is 1. The van der Waals surface area contributed by atoms with Gasteiger partial charge in [-0.25, -0.2) is 4.98 Å². The Bertz CT molecular complexity index is 1200. The smallest absolute Gasteiger partial charge is 0.253 e. The summed E-state index contributed by atoms with van der Waals surface area (Å²) in [6.45, 7) is 0.732. The number of ether oxygens (including phenoxy) is 2. The van der Waals surface area contributed by atoms with Crippen molar-refractivity contribution in [3.8, 4) is 17.2 Å². The highest BCUT2D eigenvalue weighted by Gasteiger charge is 2.16. The maximum absolute atomic E-state index is 12.8. The van der Waals surface area contributed by atoms with Gasteiger partial charge in [-0.15, -0.1) is 0 Å². The Balaban J connectivity index is 1.33. The van der Waals surface area contributed by atoms with Gasteiger partial charge in [0, 0.05) is 24.8 Å². The van der Waals surface area contributed by atoms with Crippen LogP contribution in [0.1, 0.15) is 15.9 Å². The summed E-state index contributed by atoms with van der Waals surface area (Å²) < 4.78 is 12.8. The molecule has 0 unspecified atom stereocenters.